The standard InChI is InChI=1S/C16H21BrFNO/c17-14-5-4-12(10-15(14)18)19-13-6-9-20-16(11-13)7-2-1-3-8-16/h4-5,10,13,19H,1-3,6-9,11H2. The van der Waals surface area contributed by atoms with Crippen LogP contribution in [0.25, 0.3) is 0 Å². The van der Waals surface area contributed by atoms with Gasteiger partial charge in [-0.05, 0) is 59.8 Å². The van der Waals surface area contributed by atoms with Crippen molar-refractivity contribution in [3.8, 4) is 0 Å². The fraction of sp³-hybridized carbons (Fsp3) is 0.625. The first-order valence-electron chi connectivity index (χ1n) is 7.52. The van der Waals surface area contributed by atoms with E-state index in [1.807, 2.05) is 6.07 Å². The molecular formula is C16H21BrFNO. The highest BCUT2D eigenvalue weighted by Crippen LogP contribution is 2.39. The van der Waals surface area contributed by atoms with Gasteiger partial charge >= 0.3 is 0 Å². The third-order valence-electron chi connectivity index (χ3n) is 4.55. The molecule has 0 bridgehead atoms. The van der Waals surface area contributed by atoms with Crippen LogP contribution in [-0.4, -0.2) is 18.2 Å². The van der Waals surface area contributed by atoms with E-state index in [1.165, 1.54) is 32.1 Å². The molecule has 110 valence electrons. The largest absolute Gasteiger partial charge is 0.382 e. The first-order valence-corrected chi connectivity index (χ1v) is 8.32. The molecule has 1 atom stereocenters. The molecule has 4 heteroatoms. The van der Waals surface area contributed by atoms with Crippen molar-refractivity contribution in [2.45, 2.75) is 56.6 Å². The second kappa shape index (κ2) is 6.02. The fourth-order valence-electron chi connectivity index (χ4n) is 3.52. The number of anilines is 1. The minimum atomic E-state index is -0.213. The number of rotatable bonds is 2. The van der Waals surface area contributed by atoms with Crippen LogP contribution in [0.3, 0.4) is 0 Å². The molecule has 2 aliphatic rings. The van der Waals surface area contributed by atoms with Gasteiger partial charge in [-0.15, -0.1) is 0 Å². The van der Waals surface area contributed by atoms with Gasteiger partial charge in [0.15, 0.2) is 0 Å². The number of ether oxygens (including phenoxy) is 1. The molecule has 1 unspecified atom stereocenters. The number of hydrogen-bond donors (Lipinski definition) is 1. The van der Waals surface area contributed by atoms with Gasteiger partial charge in [-0.25, -0.2) is 4.39 Å². The van der Waals surface area contributed by atoms with Crippen molar-refractivity contribution >= 4 is 21.6 Å². The molecule has 1 saturated heterocycles. The van der Waals surface area contributed by atoms with Gasteiger partial charge in [-0.2, -0.15) is 0 Å². The van der Waals surface area contributed by atoms with E-state index in [0.29, 0.717) is 10.5 Å². The second-order valence-electron chi connectivity index (χ2n) is 6.06. The van der Waals surface area contributed by atoms with E-state index in [1.54, 1.807) is 12.1 Å². The molecule has 1 aromatic rings. The van der Waals surface area contributed by atoms with Crippen molar-refractivity contribution in [1.82, 2.24) is 0 Å². The summed E-state index contributed by atoms with van der Waals surface area (Å²) in [6.45, 7) is 0.816. The molecule has 3 rings (SSSR count). The van der Waals surface area contributed by atoms with Crippen molar-refractivity contribution < 1.29 is 9.13 Å². The Morgan fingerprint density at radius 3 is 2.80 bits per heavy atom. The maximum atomic E-state index is 13.6. The van der Waals surface area contributed by atoms with Gasteiger partial charge in [-0.3, -0.25) is 0 Å². The molecule has 1 saturated carbocycles. The lowest BCUT2D eigenvalue weighted by Crippen LogP contribution is -2.45. The van der Waals surface area contributed by atoms with Gasteiger partial charge in [0.2, 0.25) is 0 Å². The zero-order valence-electron chi connectivity index (χ0n) is 11.6. The first kappa shape index (κ1) is 14.3. The van der Waals surface area contributed by atoms with Crippen LogP contribution in [0.2, 0.25) is 0 Å². The predicted octanol–water partition coefficient (Wildman–Crippen LogP) is 4.88. The lowest BCUT2D eigenvalue weighted by molar-refractivity contribution is -0.103. The lowest BCUT2D eigenvalue weighted by Gasteiger charge is -2.44. The molecule has 1 spiro atoms. The topological polar surface area (TPSA) is 21.3 Å². The summed E-state index contributed by atoms with van der Waals surface area (Å²) in [7, 11) is 0. The molecule has 2 nitrogen and oxygen atoms in total. The van der Waals surface area contributed by atoms with E-state index >= 15 is 0 Å². The zero-order chi connectivity index (χ0) is 14.0. The van der Waals surface area contributed by atoms with Crippen LogP contribution in [0.15, 0.2) is 22.7 Å². The summed E-state index contributed by atoms with van der Waals surface area (Å²) in [5.41, 5.74) is 0.950. The number of halogens is 2. The maximum Gasteiger partial charge on any atom is 0.139 e. The zero-order valence-corrected chi connectivity index (χ0v) is 13.2. The van der Waals surface area contributed by atoms with Gasteiger partial charge in [0.25, 0.3) is 0 Å². The third-order valence-corrected chi connectivity index (χ3v) is 5.19. The lowest BCUT2D eigenvalue weighted by atomic mass is 9.78. The molecule has 1 aliphatic carbocycles. The number of nitrogens with one attached hydrogen (secondary N) is 1. The van der Waals surface area contributed by atoms with E-state index < -0.39 is 0 Å². The van der Waals surface area contributed by atoms with Crippen molar-refractivity contribution in [2.75, 3.05) is 11.9 Å². The highest BCUT2D eigenvalue weighted by Gasteiger charge is 2.38. The van der Waals surface area contributed by atoms with Crippen LogP contribution in [0.1, 0.15) is 44.9 Å². The Balaban J connectivity index is 1.66. The molecule has 1 aliphatic heterocycles. The van der Waals surface area contributed by atoms with Crippen LogP contribution in [0, 0.1) is 5.82 Å². The number of benzene rings is 1. The average Bonchev–Trinajstić information content (AvgIpc) is 2.44. The van der Waals surface area contributed by atoms with E-state index in [9.17, 15) is 4.39 Å². The van der Waals surface area contributed by atoms with Crippen LogP contribution in [0.4, 0.5) is 10.1 Å². The summed E-state index contributed by atoms with van der Waals surface area (Å²) in [4.78, 5) is 0. The second-order valence-corrected chi connectivity index (χ2v) is 6.91. The van der Waals surface area contributed by atoms with Gasteiger partial charge < -0.3 is 10.1 Å². The maximum absolute atomic E-state index is 13.6. The minimum Gasteiger partial charge on any atom is -0.382 e. The molecule has 2 fully saturated rings. The average molecular weight is 342 g/mol. The van der Waals surface area contributed by atoms with Crippen molar-refractivity contribution in [1.29, 1.82) is 0 Å². The summed E-state index contributed by atoms with van der Waals surface area (Å²) in [6, 6.07) is 5.64. The molecule has 20 heavy (non-hydrogen) atoms. The van der Waals surface area contributed by atoms with Crippen molar-refractivity contribution in [2.24, 2.45) is 0 Å². The Kier molecular flexibility index (Phi) is 4.32. The third kappa shape index (κ3) is 3.17. The van der Waals surface area contributed by atoms with Crippen LogP contribution >= 0.6 is 15.9 Å². The summed E-state index contributed by atoms with van der Waals surface area (Å²) in [5, 5.41) is 3.48. The summed E-state index contributed by atoms with van der Waals surface area (Å²) in [6.07, 6.45) is 8.30. The summed E-state index contributed by atoms with van der Waals surface area (Å²) < 4.78 is 20.2. The quantitative estimate of drug-likeness (QED) is 0.827. The molecular weight excluding hydrogens is 321 g/mol. The monoisotopic (exact) mass is 341 g/mol. The molecule has 0 aromatic heterocycles. The molecule has 0 radical (unpaired) electrons. The highest BCUT2D eigenvalue weighted by atomic mass is 79.9. The van der Waals surface area contributed by atoms with Gasteiger partial charge in [-0.1, -0.05) is 19.3 Å². The minimum absolute atomic E-state index is 0.0854. The van der Waals surface area contributed by atoms with Gasteiger partial charge in [0.05, 0.1) is 10.1 Å². The van der Waals surface area contributed by atoms with Gasteiger partial charge in [0, 0.05) is 18.3 Å². The molecule has 0 amide bonds. The fourth-order valence-corrected chi connectivity index (χ4v) is 3.76. The highest BCUT2D eigenvalue weighted by molar-refractivity contribution is 9.10. The molecule has 1 aromatic carbocycles. The SMILES string of the molecule is Fc1cc(NC2CCOC3(CCCCC3)C2)ccc1Br. The molecule has 1 heterocycles. The molecule has 1 N–H and O–H groups in total. The van der Waals surface area contributed by atoms with Crippen molar-refractivity contribution in [3.05, 3.63) is 28.5 Å². The Labute approximate surface area is 128 Å². The first-order chi connectivity index (χ1) is 9.67. The van der Waals surface area contributed by atoms with E-state index in [0.717, 1.165) is 25.1 Å². The predicted molar refractivity (Wildman–Crippen MR) is 82.5 cm³/mol. The summed E-state index contributed by atoms with van der Waals surface area (Å²) >= 11 is 3.19. The van der Waals surface area contributed by atoms with Crippen LogP contribution < -0.4 is 5.32 Å². The number of hydrogen-bond acceptors (Lipinski definition) is 2. The Hall–Kier alpha value is -0.610. The normalized spacial score (nSPS) is 25.6. The Morgan fingerprint density at radius 1 is 1.25 bits per heavy atom. The Morgan fingerprint density at radius 2 is 2.05 bits per heavy atom. The smallest absolute Gasteiger partial charge is 0.139 e. The summed E-state index contributed by atoms with van der Waals surface area (Å²) in [5.74, 6) is -0.213. The van der Waals surface area contributed by atoms with Crippen molar-refractivity contribution in [3.63, 3.8) is 0 Å². The van der Waals surface area contributed by atoms with E-state index in [2.05, 4.69) is 21.2 Å². The van der Waals surface area contributed by atoms with E-state index in [4.69, 9.17) is 4.74 Å². The van der Waals surface area contributed by atoms with E-state index in [-0.39, 0.29) is 11.4 Å². The van der Waals surface area contributed by atoms with Crippen LogP contribution in [-0.2, 0) is 4.74 Å². The van der Waals surface area contributed by atoms with Crippen LogP contribution in [0.5, 0.6) is 0 Å². The Bertz CT molecular complexity index is 468. The van der Waals surface area contributed by atoms with Gasteiger partial charge in [0.1, 0.15) is 5.82 Å².